The van der Waals surface area contributed by atoms with Gasteiger partial charge in [-0.15, -0.1) is 0 Å². The van der Waals surface area contributed by atoms with Crippen LogP contribution in [0.15, 0.2) is 39.9 Å². The van der Waals surface area contributed by atoms with Crippen molar-refractivity contribution < 1.29 is 9.53 Å². The molecule has 4 rings (SSSR count). The minimum atomic E-state index is 0.0213. The van der Waals surface area contributed by atoms with E-state index in [0.717, 1.165) is 47.5 Å². The van der Waals surface area contributed by atoms with Gasteiger partial charge in [0.05, 0.1) is 18.1 Å². The van der Waals surface area contributed by atoms with E-state index in [-0.39, 0.29) is 5.91 Å². The molecule has 0 bridgehead atoms. The number of hydrogen-bond acceptors (Lipinski definition) is 5. The minimum Gasteiger partial charge on any atom is -0.493 e. The zero-order valence-corrected chi connectivity index (χ0v) is 14.6. The third-order valence-electron chi connectivity index (χ3n) is 4.75. The third-order valence-corrected chi connectivity index (χ3v) is 5.97. The van der Waals surface area contributed by atoms with E-state index in [1.165, 1.54) is 17.3 Å². The summed E-state index contributed by atoms with van der Waals surface area (Å²) in [6, 6.07) is 8.18. The van der Waals surface area contributed by atoms with Gasteiger partial charge in [0, 0.05) is 18.8 Å². The summed E-state index contributed by atoms with van der Waals surface area (Å²) in [6.07, 6.45) is 1.90. The fourth-order valence-corrected chi connectivity index (χ4v) is 4.48. The standard InChI is InChI=1S/C18H21N3O2S/c1-12-16(24-18-19-7-8-21(12)18)17(22)20-11-13-6-9-23-15-5-3-2-4-14(15)10-13/h2-5,13H,6-11H2,1H3,(H,20,22)/t13-/m0/s1. The van der Waals surface area contributed by atoms with E-state index in [1.807, 2.05) is 25.1 Å². The lowest BCUT2D eigenvalue weighted by molar-refractivity contribution is -0.117. The Hall–Kier alpha value is -1.95. The number of fused-ring (bicyclic) bond motifs is 2. The Morgan fingerprint density at radius 2 is 2.33 bits per heavy atom. The number of thioether (sulfide) groups is 1. The number of carbonyl (C=O) groups excluding carboxylic acids is 1. The van der Waals surface area contributed by atoms with Gasteiger partial charge in [-0.05, 0) is 49.1 Å². The number of allylic oxidation sites excluding steroid dienone is 1. The zero-order chi connectivity index (χ0) is 16.5. The number of amidine groups is 1. The Kier molecular flexibility index (Phi) is 4.22. The van der Waals surface area contributed by atoms with Crippen LogP contribution in [0.1, 0.15) is 18.9 Å². The van der Waals surface area contributed by atoms with E-state index in [2.05, 4.69) is 21.3 Å². The molecule has 6 heteroatoms. The van der Waals surface area contributed by atoms with Crippen LogP contribution >= 0.6 is 11.8 Å². The summed E-state index contributed by atoms with van der Waals surface area (Å²) in [4.78, 5) is 19.9. The van der Waals surface area contributed by atoms with Crippen LogP contribution in [-0.2, 0) is 11.2 Å². The first kappa shape index (κ1) is 15.6. The number of ether oxygens (including phenoxy) is 1. The van der Waals surface area contributed by atoms with Crippen LogP contribution in [0.25, 0.3) is 0 Å². The average Bonchev–Trinajstić information content (AvgIpc) is 3.09. The lowest BCUT2D eigenvalue weighted by Gasteiger charge is -2.15. The molecule has 5 nitrogen and oxygen atoms in total. The van der Waals surface area contributed by atoms with Crippen molar-refractivity contribution >= 4 is 22.8 Å². The van der Waals surface area contributed by atoms with E-state index in [4.69, 9.17) is 4.74 Å². The second kappa shape index (κ2) is 6.51. The highest BCUT2D eigenvalue weighted by molar-refractivity contribution is 8.18. The second-order valence-corrected chi connectivity index (χ2v) is 7.34. The van der Waals surface area contributed by atoms with Crippen LogP contribution in [0.4, 0.5) is 0 Å². The van der Waals surface area contributed by atoms with Crippen LogP contribution in [-0.4, -0.2) is 42.2 Å². The van der Waals surface area contributed by atoms with Gasteiger partial charge in [-0.2, -0.15) is 0 Å². The molecule has 3 aliphatic rings. The number of hydrogen-bond donors (Lipinski definition) is 1. The summed E-state index contributed by atoms with van der Waals surface area (Å²) in [5, 5.41) is 4.08. The number of aliphatic imine (C=N–C) groups is 1. The van der Waals surface area contributed by atoms with E-state index in [9.17, 15) is 4.79 Å². The first-order valence-corrected chi connectivity index (χ1v) is 9.23. The topological polar surface area (TPSA) is 53.9 Å². The van der Waals surface area contributed by atoms with Crippen molar-refractivity contribution in [1.82, 2.24) is 10.2 Å². The number of nitrogens with one attached hydrogen (secondary N) is 1. The van der Waals surface area contributed by atoms with Gasteiger partial charge in [0.15, 0.2) is 5.17 Å². The van der Waals surface area contributed by atoms with Crippen molar-refractivity contribution in [3.8, 4) is 5.75 Å². The smallest absolute Gasteiger partial charge is 0.259 e. The van der Waals surface area contributed by atoms with Crippen LogP contribution < -0.4 is 10.1 Å². The Morgan fingerprint density at radius 3 is 3.21 bits per heavy atom. The highest BCUT2D eigenvalue weighted by Crippen LogP contribution is 2.36. The zero-order valence-electron chi connectivity index (χ0n) is 13.7. The van der Waals surface area contributed by atoms with Crippen LogP contribution in [0, 0.1) is 5.92 Å². The number of rotatable bonds is 3. The molecular formula is C18H21N3O2S. The molecule has 1 aromatic carbocycles. The summed E-state index contributed by atoms with van der Waals surface area (Å²) in [7, 11) is 0. The highest BCUT2D eigenvalue weighted by Gasteiger charge is 2.33. The Bertz CT molecular complexity index is 729. The largest absolute Gasteiger partial charge is 0.493 e. The molecule has 0 saturated heterocycles. The number of para-hydroxylation sites is 1. The maximum absolute atomic E-state index is 12.6. The molecule has 0 saturated carbocycles. The fraction of sp³-hybridized carbons (Fsp3) is 0.444. The van der Waals surface area contributed by atoms with Crippen molar-refractivity contribution in [2.45, 2.75) is 19.8 Å². The van der Waals surface area contributed by atoms with Crippen LogP contribution in [0.5, 0.6) is 5.75 Å². The molecule has 1 atom stereocenters. The molecule has 0 radical (unpaired) electrons. The molecule has 0 aliphatic carbocycles. The molecule has 1 amide bonds. The first-order valence-electron chi connectivity index (χ1n) is 8.42. The maximum atomic E-state index is 12.6. The van der Waals surface area contributed by atoms with Gasteiger partial charge in [0.2, 0.25) is 0 Å². The van der Waals surface area contributed by atoms with E-state index in [1.54, 1.807) is 0 Å². The van der Waals surface area contributed by atoms with Gasteiger partial charge in [-0.3, -0.25) is 9.79 Å². The van der Waals surface area contributed by atoms with Crippen molar-refractivity contribution in [2.24, 2.45) is 10.9 Å². The van der Waals surface area contributed by atoms with Gasteiger partial charge in [0.1, 0.15) is 5.75 Å². The predicted molar refractivity (Wildman–Crippen MR) is 96.1 cm³/mol. The van der Waals surface area contributed by atoms with Crippen LogP contribution in [0.2, 0.25) is 0 Å². The summed E-state index contributed by atoms with van der Waals surface area (Å²) in [6.45, 7) is 5.11. The predicted octanol–water partition coefficient (Wildman–Crippen LogP) is 2.39. The molecule has 0 aromatic heterocycles. The molecule has 0 fully saturated rings. The number of carbonyl (C=O) groups is 1. The lowest BCUT2D eigenvalue weighted by atomic mass is 9.97. The van der Waals surface area contributed by atoms with Gasteiger partial charge in [-0.25, -0.2) is 0 Å². The number of nitrogens with zero attached hydrogens (tertiary/aromatic N) is 2. The number of amides is 1. The molecule has 0 unspecified atom stereocenters. The van der Waals surface area contributed by atoms with Crippen molar-refractivity contribution in [3.05, 3.63) is 40.4 Å². The second-order valence-electron chi connectivity index (χ2n) is 6.36. The Morgan fingerprint density at radius 1 is 1.46 bits per heavy atom. The molecular weight excluding hydrogens is 322 g/mol. The monoisotopic (exact) mass is 343 g/mol. The summed E-state index contributed by atoms with van der Waals surface area (Å²) in [5.74, 6) is 1.41. The minimum absolute atomic E-state index is 0.0213. The quantitative estimate of drug-likeness (QED) is 0.916. The van der Waals surface area contributed by atoms with Crippen LogP contribution in [0.3, 0.4) is 0 Å². The van der Waals surface area contributed by atoms with Crippen molar-refractivity contribution in [1.29, 1.82) is 0 Å². The van der Waals surface area contributed by atoms with Crippen molar-refractivity contribution in [3.63, 3.8) is 0 Å². The Labute approximate surface area is 146 Å². The SMILES string of the molecule is CC1=C(C(=O)NC[C@H]2CCOc3ccccc3C2)SC2=NCCN21. The lowest BCUT2D eigenvalue weighted by Crippen LogP contribution is -2.31. The molecule has 1 N–H and O–H groups in total. The molecule has 3 heterocycles. The van der Waals surface area contributed by atoms with E-state index >= 15 is 0 Å². The molecule has 126 valence electrons. The average molecular weight is 343 g/mol. The first-order chi connectivity index (χ1) is 11.7. The van der Waals surface area contributed by atoms with Gasteiger partial charge in [0.25, 0.3) is 5.91 Å². The molecule has 24 heavy (non-hydrogen) atoms. The molecule has 0 spiro atoms. The molecule has 3 aliphatic heterocycles. The summed E-state index contributed by atoms with van der Waals surface area (Å²) < 4.78 is 5.80. The van der Waals surface area contributed by atoms with E-state index < -0.39 is 0 Å². The highest BCUT2D eigenvalue weighted by atomic mass is 32.2. The van der Waals surface area contributed by atoms with Gasteiger partial charge in [-0.1, -0.05) is 18.2 Å². The van der Waals surface area contributed by atoms with Gasteiger partial charge < -0.3 is 15.0 Å². The maximum Gasteiger partial charge on any atom is 0.259 e. The summed E-state index contributed by atoms with van der Waals surface area (Å²) >= 11 is 1.50. The number of benzene rings is 1. The van der Waals surface area contributed by atoms with E-state index in [0.29, 0.717) is 19.1 Å². The molecule has 1 aromatic rings. The van der Waals surface area contributed by atoms with Gasteiger partial charge >= 0.3 is 0 Å². The Balaban J connectivity index is 1.38. The normalized spacial score (nSPS) is 22.5. The summed E-state index contributed by atoms with van der Waals surface area (Å²) in [5.41, 5.74) is 2.26. The van der Waals surface area contributed by atoms with Crippen molar-refractivity contribution in [2.75, 3.05) is 26.2 Å². The third kappa shape index (κ3) is 2.90. The fourth-order valence-electron chi connectivity index (χ4n) is 3.38.